The summed E-state index contributed by atoms with van der Waals surface area (Å²) >= 11 is 0. The first-order valence-electron chi connectivity index (χ1n) is 10.3. The summed E-state index contributed by atoms with van der Waals surface area (Å²) in [5, 5.41) is -0.469. The second-order valence-electron chi connectivity index (χ2n) is 7.82. The maximum Gasteiger partial charge on any atom is 0.180 e. The van der Waals surface area contributed by atoms with Gasteiger partial charge in [-0.1, -0.05) is 30.3 Å². The summed E-state index contributed by atoms with van der Waals surface area (Å²) in [6, 6.07) is 14.9. The van der Waals surface area contributed by atoms with Crippen molar-refractivity contribution in [2.24, 2.45) is 4.99 Å². The van der Waals surface area contributed by atoms with E-state index in [4.69, 9.17) is 4.98 Å². The van der Waals surface area contributed by atoms with Crippen LogP contribution in [-0.2, 0) is 9.84 Å². The first kappa shape index (κ1) is 20.3. The topological polar surface area (TPSA) is 112 Å². The number of aromatic amines is 1. The molecule has 2 aromatic heterocycles. The number of aromatic nitrogens is 3. The predicted octanol–water partition coefficient (Wildman–Crippen LogP) is 3.29. The number of H-pyrrole nitrogens is 1. The van der Waals surface area contributed by atoms with E-state index in [1.165, 1.54) is 0 Å². The van der Waals surface area contributed by atoms with E-state index in [9.17, 15) is 8.42 Å². The number of nitrogens with zero attached hydrogens (tertiary/aromatic N) is 3. The first-order chi connectivity index (χ1) is 15.4. The van der Waals surface area contributed by atoms with Crippen molar-refractivity contribution in [2.45, 2.75) is 24.0 Å². The van der Waals surface area contributed by atoms with Gasteiger partial charge in [-0.3, -0.25) is 0 Å². The van der Waals surface area contributed by atoms with E-state index in [2.05, 4.69) is 31.9 Å². The van der Waals surface area contributed by atoms with Crippen molar-refractivity contribution in [3.8, 4) is 22.4 Å². The molecule has 0 aliphatic carbocycles. The number of nitrogens with one attached hydrogen (secondary N) is 3. The third kappa shape index (κ3) is 3.55. The molecule has 0 saturated carbocycles. The minimum atomic E-state index is -3.32. The minimum absolute atomic E-state index is 0.308. The molecule has 3 heterocycles. The lowest BCUT2D eigenvalue weighted by atomic mass is 10.0. The van der Waals surface area contributed by atoms with Crippen LogP contribution in [0.1, 0.15) is 19.4 Å². The van der Waals surface area contributed by atoms with Crippen LogP contribution < -0.4 is 10.9 Å². The van der Waals surface area contributed by atoms with Crippen molar-refractivity contribution in [3.63, 3.8) is 0 Å². The van der Waals surface area contributed by atoms with Crippen LogP contribution in [0, 0.1) is 0 Å². The fraction of sp³-hybridized carbons (Fsp3) is 0.174. The number of benzene rings is 2. The van der Waals surface area contributed by atoms with Gasteiger partial charge < -0.3 is 10.4 Å². The molecule has 1 aliphatic heterocycles. The van der Waals surface area contributed by atoms with Gasteiger partial charge in [0.2, 0.25) is 0 Å². The standard InChI is InChI=1S/C23H22N6O2S/c1-14(2)32(30,31)18-8-6-15(7-9-18)20-12-25-23-21(28-20)19(11-24-23)16-4-3-5-17(10-16)22-26-13-27-29-22/h3-12,14,27H,13H2,1-2H3,(H,24,25)(H,26,29). The molecular formula is C23H22N6O2S. The Morgan fingerprint density at radius 2 is 1.78 bits per heavy atom. The molecule has 8 nitrogen and oxygen atoms in total. The van der Waals surface area contributed by atoms with Gasteiger partial charge in [0.05, 0.1) is 22.0 Å². The highest BCUT2D eigenvalue weighted by atomic mass is 32.2. The van der Waals surface area contributed by atoms with E-state index in [0.717, 1.165) is 33.6 Å². The highest BCUT2D eigenvalue weighted by Crippen LogP contribution is 2.29. The summed E-state index contributed by atoms with van der Waals surface area (Å²) in [4.78, 5) is 17.2. The molecular weight excluding hydrogens is 424 g/mol. The van der Waals surface area contributed by atoms with Gasteiger partial charge in [-0.2, -0.15) is 0 Å². The summed E-state index contributed by atoms with van der Waals surface area (Å²) < 4.78 is 24.8. The smallest absolute Gasteiger partial charge is 0.180 e. The van der Waals surface area contributed by atoms with E-state index in [-0.39, 0.29) is 0 Å². The summed E-state index contributed by atoms with van der Waals surface area (Å²) in [6.07, 6.45) is 3.59. The molecule has 32 heavy (non-hydrogen) atoms. The lowest BCUT2D eigenvalue weighted by molar-refractivity contribution is 0.587. The number of aliphatic imine (C=N–C) groups is 1. The van der Waals surface area contributed by atoms with Crippen LogP contribution in [0.4, 0.5) is 0 Å². The Labute approximate surface area is 185 Å². The monoisotopic (exact) mass is 446 g/mol. The highest BCUT2D eigenvalue weighted by molar-refractivity contribution is 7.92. The van der Waals surface area contributed by atoms with Crippen LogP contribution in [-0.4, -0.2) is 41.1 Å². The molecule has 0 bridgehead atoms. The Hall–Kier alpha value is -3.56. The van der Waals surface area contributed by atoms with Gasteiger partial charge in [0.25, 0.3) is 0 Å². The maximum atomic E-state index is 12.4. The largest absolute Gasteiger partial charge is 0.344 e. The van der Waals surface area contributed by atoms with Crippen molar-refractivity contribution >= 4 is 26.8 Å². The van der Waals surface area contributed by atoms with Gasteiger partial charge in [-0.05, 0) is 37.6 Å². The van der Waals surface area contributed by atoms with Gasteiger partial charge in [0.15, 0.2) is 15.5 Å². The molecule has 2 aromatic carbocycles. The molecule has 0 spiro atoms. The Balaban J connectivity index is 1.53. The zero-order valence-corrected chi connectivity index (χ0v) is 18.4. The molecule has 0 fully saturated rings. The number of fused-ring (bicyclic) bond motifs is 1. The van der Waals surface area contributed by atoms with Gasteiger partial charge in [-0.25, -0.2) is 28.8 Å². The summed E-state index contributed by atoms with van der Waals surface area (Å²) in [5.41, 5.74) is 11.9. The third-order valence-electron chi connectivity index (χ3n) is 5.45. The van der Waals surface area contributed by atoms with Crippen molar-refractivity contribution in [3.05, 3.63) is 66.5 Å². The Bertz CT molecular complexity index is 1440. The predicted molar refractivity (Wildman–Crippen MR) is 125 cm³/mol. The second-order valence-corrected chi connectivity index (χ2v) is 10.3. The lowest BCUT2D eigenvalue weighted by Crippen LogP contribution is -2.30. The first-order valence-corrected chi connectivity index (χ1v) is 11.8. The van der Waals surface area contributed by atoms with Crippen LogP contribution in [0.3, 0.4) is 0 Å². The van der Waals surface area contributed by atoms with Crippen molar-refractivity contribution in [1.82, 2.24) is 25.8 Å². The molecule has 0 amide bonds. The lowest BCUT2D eigenvalue weighted by Gasteiger charge is -2.09. The van der Waals surface area contributed by atoms with Crippen LogP contribution in [0.15, 0.2) is 70.8 Å². The number of rotatable bonds is 5. The highest BCUT2D eigenvalue weighted by Gasteiger charge is 2.19. The molecule has 0 atom stereocenters. The minimum Gasteiger partial charge on any atom is -0.344 e. The van der Waals surface area contributed by atoms with E-state index < -0.39 is 15.1 Å². The number of hydrazine groups is 1. The summed E-state index contributed by atoms with van der Waals surface area (Å²) in [5.74, 6) is 0.801. The van der Waals surface area contributed by atoms with Crippen LogP contribution in [0.5, 0.6) is 0 Å². The average molecular weight is 447 g/mol. The average Bonchev–Trinajstić information content (AvgIpc) is 3.49. The van der Waals surface area contributed by atoms with E-state index in [0.29, 0.717) is 22.9 Å². The molecule has 0 unspecified atom stereocenters. The fourth-order valence-electron chi connectivity index (χ4n) is 3.62. The van der Waals surface area contributed by atoms with Gasteiger partial charge in [0, 0.05) is 22.9 Å². The molecule has 9 heteroatoms. The number of sulfone groups is 1. The van der Waals surface area contributed by atoms with E-state index in [1.807, 2.05) is 24.4 Å². The molecule has 3 N–H and O–H groups in total. The van der Waals surface area contributed by atoms with Gasteiger partial charge in [-0.15, -0.1) is 0 Å². The zero-order valence-electron chi connectivity index (χ0n) is 17.6. The third-order valence-corrected chi connectivity index (χ3v) is 7.62. The van der Waals surface area contributed by atoms with Crippen molar-refractivity contribution < 1.29 is 8.42 Å². The Morgan fingerprint density at radius 3 is 2.50 bits per heavy atom. The van der Waals surface area contributed by atoms with E-state index >= 15 is 0 Å². The van der Waals surface area contributed by atoms with Crippen LogP contribution in [0.2, 0.25) is 0 Å². The summed E-state index contributed by atoms with van der Waals surface area (Å²) in [6.45, 7) is 3.90. The second kappa shape index (κ2) is 7.85. The fourth-order valence-corrected chi connectivity index (χ4v) is 4.68. The number of hydrogen-bond donors (Lipinski definition) is 3. The maximum absolute atomic E-state index is 12.4. The van der Waals surface area contributed by atoms with Crippen LogP contribution in [0.25, 0.3) is 33.5 Å². The SMILES string of the molecule is CC(C)S(=O)(=O)c1ccc(-c2cnc3[nH]cc(-c4cccc(C5=NCNN5)c4)c3n2)cc1. The molecule has 5 rings (SSSR count). The molecule has 0 radical (unpaired) electrons. The number of hydrogen-bond acceptors (Lipinski definition) is 7. The van der Waals surface area contributed by atoms with Crippen molar-refractivity contribution in [1.29, 1.82) is 0 Å². The van der Waals surface area contributed by atoms with E-state index in [1.54, 1.807) is 44.3 Å². The zero-order chi connectivity index (χ0) is 22.3. The Kier molecular flexibility index (Phi) is 4.99. The van der Waals surface area contributed by atoms with Crippen molar-refractivity contribution in [2.75, 3.05) is 6.67 Å². The van der Waals surface area contributed by atoms with Gasteiger partial charge >= 0.3 is 0 Å². The quantitative estimate of drug-likeness (QED) is 0.434. The molecule has 1 aliphatic rings. The van der Waals surface area contributed by atoms with Crippen LogP contribution >= 0.6 is 0 Å². The molecule has 162 valence electrons. The summed E-state index contributed by atoms with van der Waals surface area (Å²) in [7, 11) is -3.32. The number of amidine groups is 1. The molecule has 4 aromatic rings. The normalized spacial score (nSPS) is 14.0. The Morgan fingerprint density at radius 1 is 1.00 bits per heavy atom. The van der Waals surface area contributed by atoms with Gasteiger partial charge in [0.1, 0.15) is 18.0 Å². The molecule has 0 saturated heterocycles.